The molecule has 2 heterocycles. The molecule has 8 nitrogen and oxygen atoms in total. The van der Waals surface area contributed by atoms with Gasteiger partial charge in [0.2, 0.25) is 17.6 Å². The van der Waals surface area contributed by atoms with Gasteiger partial charge in [0, 0.05) is 30.6 Å². The minimum Gasteiger partial charge on any atom is -0.497 e. The van der Waals surface area contributed by atoms with E-state index in [1.807, 2.05) is 6.07 Å². The summed E-state index contributed by atoms with van der Waals surface area (Å²) in [7, 11) is 1.54. The number of ketones is 1. The van der Waals surface area contributed by atoms with E-state index >= 15 is 0 Å². The fraction of sp³-hybridized carbons (Fsp3) is 0.265. The summed E-state index contributed by atoms with van der Waals surface area (Å²) in [6, 6.07) is 20.6. The lowest BCUT2D eigenvalue weighted by Crippen LogP contribution is -2.34. The van der Waals surface area contributed by atoms with E-state index in [1.54, 1.807) is 73.8 Å². The summed E-state index contributed by atoms with van der Waals surface area (Å²) in [6.45, 7) is 1.54. The van der Waals surface area contributed by atoms with Gasteiger partial charge in [0.25, 0.3) is 0 Å². The molecule has 1 saturated carbocycles. The second-order valence-corrected chi connectivity index (χ2v) is 14.4. The molecule has 11 heteroatoms. The standard InChI is InChI=1S/C34H27Br3N2O6/c1-17(31(40)19-5-10-22(44-2)11-6-19)45-34(43)26-16-30(38-29-12-7-20(35)13-23(26)29)18-3-8-21(9-4-18)39-32(41)24-14-27(36)28(37)15-25(24)33(39)42/h3-13,16-17,24-25,27-28H,14-15H2,1-2H3. The van der Waals surface area contributed by atoms with Gasteiger partial charge < -0.3 is 9.47 Å². The molecule has 0 radical (unpaired) electrons. The number of amides is 2. The molecule has 5 atom stereocenters. The average molecular weight is 799 g/mol. The topological polar surface area (TPSA) is 103 Å². The molecule has 230 valence electrons. The third kappa shape index (κ3) is 6.09. The predicted octanol–water partition coefficient (Wildman–Crippen LogP) is 7.53. The van der Waals surface area contributed by atoms with Crippen LogP contribution in [0.1, 0.15) is 40.5 Å². The quantitative estimate of drug-likeness (QED) is 0.0825. The van der Waals surface area contributed by atoms with Gasteiger partial charge in [-0.1, -0.05) is 59.9 Å². The highest BCUT2D eigenvalue weighted by atomic mass is 79.9. The summed E-state index contributed by atoms with van der Waals surface area (Å²) in [5.74, 6) is -1.44. The van der Waals surface area contributed by atoms with Crippen LogP contribution in [0.5, 0.6) is 5.75 Å². The Bertz CT molecular complexity index is 1800. The summed E-state index contributed by atoms with van der Waals surface area (Å²) in [5.41, 5.74) is 2.87. The monoisotopic (exact) mass is 796 g/mol. The molecule has 6 rings (SSSR count). The number of ether oxygens (including phenoxy) is 2. The average Bonchev–Trinajstić information content (AvgIpc) is 3.28. The Kier molecular flexibility index (Phi) is 8.96. The SMILES string of the molecule is COc1ccc(C(=O)C(C)OC(=O)c2cc(-c3ccc(N4C(=O)C5CC(Br)C(Br)CC5C4=O)cc3)nc3ccc(Br)cc23)cc1. The number of pyridine rings is 1. The van der Waals surface area contributed by atoms with Gasteiger partial charge in [-0.25, -0.2) is 9.78 Å². The lowest BCUT2D eigenvalue weighted by Gasteiger charge is -2.29. The molecule has 1 aromatic heterocycles. The van der Waals surface area contributed by atoms with Gasteiger partial charge >= 0.3 is 5.97 Å². The van der Waals surface area contributed by atoms with Crippen LogP contribution in [0, 0.1) is 11.8 Å². The van der Waals surface area contributed by atoms with Crippen LogP contribution in [0.3, 0.4) is 0 Å². The number of fused-ring (bicyclic) bond motifs is 2. The molecule has 1 aliphatic heterocycles. The number of imide groups is 1. The molecule has 4 aromatic rings. The zero-order valence-corrected chi connectivity index (χ0v) is 29.0. The maximum atomic E-state index is 13.5. The first-order valence-electron chi connectivity index (χ1n) is 14.3. The van der Waals surface area contributed by atoms with E-state index in [1.165, 1.54) is 11.8 Å². The van der Waals surface area contributed by atoms with Crippen molar-refractivity contribution in [2.75, 3.05) is 12.0 Å². The number of benzene rings is 3. The van der Waals surface area contributed by atoms with Crippen molar-refractivity contribution in [2.24, 2.45) is 11.8 Å². The van der Waals surface area contributed by atoms with E-state index in [4.69, 9.17) is 14.5 Å². The van der Waals surface area contributed by atoms with Gasteiger partial charge in [0.05, 0.1) is 41.4 Å². The summed E-state index contributed by atoms with van der Waals surface area (Å²) in [5, 5.41) is 0.560. The van der Waals surface area contributed by atoms with Gasteiger partial charge in [0.15, 0.2) is 6.10 Å². The zero-order chi connectivity index (χ0) is 32.0. The Labute approximate surface area is 284 Å². The number of carbonyl (C=O) groups excluding carboxylic acids is 4. The van der Waals surface area contributed by atoms with Crippen LogP contribution in [0.4, 0.5) is 5.69 Å². The van der Waals surface area contributed by atoms with Crippen molar-refractivity contribution < 1.29 is 28.7 Å². The Morgan fingerprint density at radius 1 is 0.889 bits per heavy atom. The summed E-state index contributed by atoms with van der Waals surface area (Å²) >= 11 is 10.7. The molecule has 0 N–H and O–H groups in total. The van der Waals surface area contributed by atoms with Crippen molar-refractivity contribution in [3.8, 4) is 17.0 Å². The van der Waals surface area contributed by atoms with Gasteiger partial charge in [-0.05, 0) is 80.4 Å². The minimum absolute atomic E-state index is 0.127. The number of Topliss-reactive ketones (excluding diaryl/α,β-unsaturated/α-hetero) is 1. The first-order valence-corrected chi connectivity index (χ1v) is 16.9. The number of halogens is 3. The predicted molar refractivity (Wildman–Crippen MR) is 181 cm³/mol. The summed E-state index contributed by atoms with van der Waals surface area (Å²) < 4.78 is 11.6. The van der Waals surface area contributed by atoms with Crippen LogP contribution < -0.4 is 9.64 Å². The number of aromatic nitrogens is 1. The maximum Gasteiger partial charge on any atom is 0.339 e. The first-order chi connectivity index (χ1) is 21.5. The smallest absolute Gasteiger partial charge is 0.339 e. The van der Waals surface area contributed by atoms with Crippen LogP contribution in [0.2, 0.25) is 0 Å². The minimum atomic E-state index is -1.04. The van der Waals surface area contributed by atoms with Crippen molar-refractivity contribution in [3.05, 3.63) is 88.4 Å². The van der Waals surface area contributed by atoms with Gasteiger partial charge in [0.1, 0.15) is 5.75 Å². The Morgan fingerprint density at radius 3 is 2.11 bits per heavy atom. The van der Waals surface area contributed by atoms with Crippen LogP contribution in [-0.4, -0.2) is 51.4 Å². The number of nitrogens with zero attached hydrogens (tertiary/aromatic N) is 2. The Hall–Kier alpha value is -3.41. The highest BCUT2D eigenvalue weighted by Crippen LogP contribution is 2.44. The van der Waals surface area contributed by atoms with E-state index in [9.17, 15) is 19.2 Å². The van der Waals surface area contributed by atoms with Crippen LogP contribution >= 0.6 is 47.8 Å². The molecule has 2 aliphatic rings. The van der Waals surface area contributed by atoms with Gasteiger partial charge in [-0.2, -0.15) is 0 Å². The van der Waals surface area contributed by atoms with Crippen molar-refractivity contribution in [1.82, 2.24) is 4.98 Å². The Morgan fingerprint density at radius 2 is 1.51 bits per heavy atom. The number of anilines is 1. The second-order valence-electron chi connectivity index (χ2n) is 11.1. The molecule has 0 spiro atoms. The number of hydrogen-bond acceptors (Lipinski definition) is 7. The zero-order valence-electron chi connectivity index (χ0n) is 24.2. The molecular weight excluding hydrogens is 772 g/mol. The molecule has 1 saturated heterocycles. The number of carbonyl (C=O) groups is 4. The molecule has 0 bridgehead atoms. The molecular formula is C34H27Br3N2O6. The van der Waals surface area contributed by atoms with Crippen LogP contribution in [0.15, 0.2) is 77.3 Å². The van der Waals surface area contributed by atoms with E-state index in [0.29, 0.717) is 52.0 Å². The number of alkyl halides is 2. The number of hydrogen-bond donors (Lipinski definition) is 0. The fourth-order valence-corrected chi connectivity index (χ4v) is 7.51. The summed E-state index contributed by atoms with van der Waals surface area (Å²) in [6.07, 6.45) is 0.156. The van der Waals surface area contributed by atoms with Crippen LogP contribution in [-0.2, 0) is 14.3 Å². The summed E-state index contributed by atoms with van der Waals surface area (Å²) in [4.78, 5) is 59.4. The highest BCUT2D eigenvalue weighted by Gasteiger charge is 2.52. The van der Waals surface area contributed by atoms with Gasteiger partial charge in [-0.15, -0.1) is 0 Å². The molecule has 3 aromatic carbocycles. The number of rotatable bonds is 7. The number of esters is 1. The Balaban J connectivity index is 1.28. The molecule has 45 heavy (non-hydrogen) atoms. The highest BCUT2D eigenvalue weighted by molar-refractivity contribution is 9.12. The van der Waals surface area contributed by atoms with E-state index in [0.717, 1.165) is 4.47 Å². The molecule has 2 amide bonds. The normalized spacial score (nSPS) is 21.8. The van der Waals surface area contributed by atoms with Crippen molar-refractivity contribution >= 4 is 87.9 Å². The van der Waals surface area contributed by atoms with Gasteiger partial charge in [-0.3, -0.25) is 19.3 Å². The lowest BCUT2D eigenvalue weighted by atomic mass is 9.81. The molecule has 5 unspecified atom stereocenters. The fourth-order valence-electron chi connectivity index (χ4n) is 5.91. The van der Waals surface area contributed by atoms with E-state index in [2.05, 4.69) is 47.8 Å². The third-order valence-corrected chi connectivity index (χ3v) is 11.6. The molecule has 1 aliphatic carbocycles. The van der Waals surface area contributed by atoms with Crippen LogP contribution in [0.25, 0.3) is 22.2 Å². The second kappa shape index (κ2) is 12.8. The number of methoxy groups -OCH3 is 1. The van der Waals surface area contributed by atoms with Crippen molar-refractivity contribution in [2.45, 2.75) is 35.5 Å². The largest absolute Gasteiger partial charge is 0.497 e. The van der Waals surface area contributed by atoms with E-state index < -0.39 is 12.1 Å². The van der Waals surface area contributed by atoms with Crippen molar-refractivity contribution in [3.63, 3.8) is 0 Å². The van der Waals surface area contributed by atoms with Crippen molar-refractivity contribution in [1.29, 1.82) is 0 Å². The van der Waals surface area contributed by atoms with E-state index in [-0.39, 0.29) is 44.7 Å². The third-order valence-electron chi connectivity index (χ3n) is 8.35. The maximum absolute atomic E-state index is 13.5. The first kappa shape index (κ1) is 31.6. The molecule has 2 fully saturated rings. The lowest BCUT2D eigenvalue weighted by molar-refractivity contribution is -0.122.